The first-order valence-corrected chi connectivity index (χ1v) is 7.23. The molecular weight excluding hydrogens is 300 g/mol. The van der Waals surface area contributed by atoms with Crippen LogP contribution in [-0.4, -0.2) is 44.0 Å². The summed E-state index contributed by atoms with van der Waals surface area (Å²) in [4.78, 5) is 13.6. The minimum absolute atomic E-state index is 0.0244. The summed E-state index contributed by atoms with van der Waals surface area (Å²) in [5.41, 5.74) is 0.992. The summed E-state index contributed by atoms with van der Waals surface area (Å²) >= 11 is 5.87. The summed E-state index contributed by atoms with van der Waals surface area (Å²) in [7, 11) is 1.33. The number of likely N-dealkylation sites (tertiary alicyclic amines) is 1. The molecule has 0 N–H and O–H groups in total. The van der Waals surface area contributed by atoms with Crippen LogP contribution >= 0.6 is 11.6 Å². The molecule has 1 aliphatic heterocycles. The number of carbonyl (C=O) groups excluding carboxylic acids is 1. The normalized spacial score (nSPS) is 23.3. The second-order valence-electron chi connectivity index (χ2n) is 5.23. The van der Waals surface area contributed by atoms with Gasteiger partial charge >= 0.3 is 5.97 Å². The van der Waals surface area contributed by atoms with Gasteiger partial charge in [0.1, 0.15) is 0 Å². The van der Waals surface area contributed by atoms with Crippen LogP contribution in [0.25, 0.3) is 0 Å². The second kappa shape index (κ2) is 7.18. The average Bonchev–Trinajstić information content (AvgIpc) is 2.47. The van der Waals surface area contributed by atoms with Crippen LogP contribution in [0.5, 0.6) is 0 Å². The molecule has 116 valence electrons. The minimum atomic E-state index is -2.39. The lowest BCUT2D eigenvalue weighted by molar-refractivity contribution is -0.148. The number of nitrogens with zero attached hydrogens (tertiary/aromatic N) is 1. The number of methoxy groups -OCH3 is 1. The third-order valence-electron chi connectivity index (χ3n) is 3.90. The first-order valence-electron chi connectivity index (χ1n) is 6.85. The van der Waals surface area contributed by atoms with Gasteiger partial charge in [-0.1, -0.05) is 23.7 Å². The second-order valence-corrected chi connectivity index (χ2v) is 5.66. The average molecular weight is 318 g/mol. The van der Waals surface area contributed by atoms with Crippen molar-refractivity contribution in [2.75, 3.05) is 26.7 Å². The van der Waals surface area contributed by atoms with Crippen LogP contribution in [0.1, 0.15) is 17.9 Å². The summed E-state index contributed by atoms with van der Waals surface area (Å²) in [5, 5.41) is 0.628. The van der Waals surface area contributed by atoms with E-state index in [0.717, 1.165) is 5.56 Å². The minimum Gasteiger partial charge on any atom is -0.469 e. The molecule has 1 heterocycles. The third-order valence-corrected chi connectivity index (χ3v) is 4.15. The molecule has 0 bridgehead atoms. The molecule has 2 rings (SSSR count). The number of hydrogen-bond acceptors (Lipinski definition) is 3. The Hall–Kier alpha value is -1.20. The van der Waals surface area contributed by atoms with E-state index in [1.54, 1.807) is 17.0 Å². The molecule has 0 spiro atoms. The predicted molar refractivity (Wildman–Crippen MR) is 76.8 cm³/mol. The molecule has 1 aliphatic rings. The van der Waals surface area contributed by atoms with E-state index in [0.29, 0.717) is 24.5 Å². The Bertz CT molecular complexity index is 481. The highest BCUT2D eigenvalue weighted by molar-refractivity contribution is 6.30. The fourth-order valence-electron chi connectivity index (χ4n) is 2.88. The number of rotatable bonds is 4. The van der Waals surface area contributed by atoms with Crippen LogP contribution in [0.4, 0.5) is 8.78 Å². The number of ether oxygens (including phenoxy) is 1. The molecule has 6 heteroatoms. The first-order chi connectivity index (χ1) is 10.0. The van der Waals surface area contributed by atoms with E-state index in [2.05, 4.69) is 0 Å². The van der Waals surface area contributed by atoms with Crippen LogP contribution < -0.4 is 0 Å². The van der Waals surface area contributed by atoms with Crippen LogP contribution in [0.2, 0.25) is 5.02 Å². The zero-order valence-corrected chi connectivity index (χ0v) is 12.5. The summed E-state index contributed by atoms with van der Waals surface area (Å²) in [6.45, 7) is 0.538. The molecule has 1 aromatic carbocycles. The summed E-state index contributed by atoms with van der Waals surface area (Å²) in [6, 6.07) is 7.31. The van der Waals surface area contributed by atoms with Gasteiger partial charge < -0.3 is 4.74 Å². The molecular formula is C15H18ClF2NO2. The third kappa shape index (κ3) is 4.14. The Labute approximate surface area is 127 Å². The van der Waals surface area contributed by atoms with Gasteiger partial charge in [0, 0.05) is 11.6 Å². The van der Waals surface area contributed by atoms with E-state index in [4.69, 9.17) is 16.3 Å². The van der Waals surface area contributed by atoms with Gasteiger partial charge in [-0.3, -0.25) is 9.69 Å². The van der Waals surface area contributed by atoms with Gasteiger partial charge in [-0.15, -0.1) is 0 Å². The van der Waals surface area contributed by atoms with E-state index in [1.807, 2.05) is 12.1 Å². The molecule has 0 aliphatic carbocycles. The van der Waals surface area contributed by atoms with Crippen molar-refractivity contribution in [3.05, 3.63) is 34.9 Å². The molecule has 0 radical (unpaired) electrons. The number of benzene rings is 1. The van der Waals surface area contributed by atoms with Crippen LogP contribution in [0.3, 0.4) is 0 Å². The smallest absolute Gasteiger partial charge is 0.310 e. The molecule has 1 fully saturated rings. The van der Waals surface area contributed by atoms with E-state index in [-0.39, 0.29) is 18.4 Å². The van der Waals surface area contributed by atoms with Crippen molar-refractivity contribution >= 4 is 17.6 Å². The van der Waals surface area contributed by atoms with Crippen molar-refractivity contribution in [1.29, 1.82) is 0 Å². The van der Waals surface area contributed by atoms with Crippen LogP contribution in [0, 0.1) is 5.92 Å². The largest absolute Gasteiger partial charge is 0.469 e. The number of esters is 1. The highest BCUT2D eigenvalue weighted by Gasteiger charge is 2.36. The maximum absolute atomic E-state index is 12.5. The summed E-state index contributed by atoms with van der Waals surface area (Å²) < 4.78 is 29.9. The Morgan fingerprint density at radius 1 is 1.43 bits per heavy atom. The van der Waals surface area contributed by atoms with E-state index < -0.39 is 12.3 Å². The SMILES string of the molecule is COC(=O)[C@@H]1CN(CC(F)F)CC[C@H]1c1ccc(Cl)cc1. The highest BCUT2D eigenvalue weighted by Crippen LogP contribution is 2.34. The fourth-order valence-corrected chi connectivity index (χ4v) is 3.01. The Morgan fingerprint density at radius 2 is 2.10 bits per heavy atom. The van der Waals surface area contributed by atoms with Crippen molar-refractivity contribution < 1.29 is 18.3 Å². The Kier molecular flexibility index (Phi) is 5.53. The standard InChI is InChI=1S/C15H18ClF2NO2/c1-21-15(20)13-8-19(9-14(17)18)7-6-12(13)10-2-4-11(16)5-3-10/h2-5,12-14H,6-9H2,1H3/t12-,13+/m0/s1. The van der Waals surface area contributed by atoms with E-state index in [1.165, 1.54) is 7.11 Å². The van der Waals surface area contributed by atoms with Crippen molar-refractivity contribution in [2.24, 2.45) is 5.92 Å². The van der Waals surface area contributed by atoms with Gasteiger partial charge in [-0.25, -0.2) is 8.78 Å². The number of hydrogen-bond donors (Lipinski definition) is 0. The highest BCUT2D eigenvalue weighted by atomic mass is 35.5. The van der Waals surface area contributed by atoms with Gasteiger partial charge in [0.25, 0.3) is 6.43 Å². The maximum Gasteiger partial charge on any atom is 0.310 e. The maximum atomic E-state index is 12.5. The summed E-state index contributed by atoms with van der Waals surface area (Å²) in [5.74, 6) is -0.804. The van der Waals surface area contributed by atoms with Crippen molar-refractivity contribution in [2.45, 2.75) is 18.8 Å². The van der Waals surface area contributed by atoms with Crippen molar-refractivity contribution in [1.82, 2.24) is 4.90 Å². The van der Waals surface area contributed by atoms with Gasteiger partial charge in [-0.2, -0.15) is 0 Å². The Balaban J connectivity index is 2.16. The monoisotopic (exact) mass is 317 g/mol. The van der Waals surface area contributed by atoms with Crippen LogP contribution in [-0.2, 0) is 9.53 Å². The summed E-state index contributed by atoms with van der Waals surface area (Å²) in [6.07, 6.45) is -1.75. The quantitative estimate of drug-likeness (QED) is 0.799. The number of alkyl halides is 2. The lowest BCUT2D eigenvalue weighted by Crippen LogP contribution is -2.45. The molecule has 1 aromatic rings. The molecule has 1 saturated heterocycles. The molecule has 21 heavy (non-hydrogen) atoms. The van der Waals surface area contributed by atoms with Gasteiger partial charge in [-0.05, 0) is 36.6 Å². The van der Waals surface area contributed by atoms with Gasteiger partial charge in [0.05, 0.1) is 19.6 Å². The topological polar surface area (TPSA) is 29.5 Å². The zero-order valence-electron chi connectivity index (χ0n) is 11.8. The lowest BCUT2D eigenvalue weighted by atomic mass is 9.80. The van der Waals surface area contributed by atoms with E-state index in [9.17, 15) is 13.6 Å². The van der Waals surface area contributed by atoms with Crippen molar-refractivity contribution in [3.8, 4) is 0 Å². The van der Waals surface area contributed by atoms with E-state index >= 15 is 0 Å². The lowest BCUT2D eigenvalue weighted by Gasteiger charge is -2.37. The number of piperidine rings is 1. The molecule has 0 aromatic heterocycles. The molecule has 0 amide bonds. The fraction of sp³-hybridized carbons (Fsp3) is 0.533. The van der Waals surface area contributed by atoms with Gasteiger partial charge in [0.15, 0.2) is 0 Å². The molecule has 0 unspecified atom stereocenters. The molecule has 3 nitrogen and oxygen atoms in total. The number of carbonyl (C=O) groups is 1. The molecule has 2 atom stereocenters. The zero-order chi connectivity index (χ0) is 15.4. The van der Waals surface area contributed by atoms with Crippen molar-refractivity contribution in [3.63, 3.8) is 0 Å². The Morgan fingerprint density at radius 3 is 2.67 bits per heavy atom. The predicted octanol–water partition coefficient (Wildman–Crippen LogP) is 3.18. The van der Waals surface area contributed by atoms with Gasteiger partial charge in [0.2, 0.25) is 0 Å². The first kappa shape index (κ1) is 16.2. The molecule has 0 saturated carbocycles. The van der Waals surface area contributed by atoms with Crippen LogP contribution in [0.15, 0.2) is 24.3 Å². The number of halogens is 3.